The van der Waals surface area contributed by atoms with E-state index in [4.69, 9.17) is 4.74 Å². The maximum absolute atomic E-state index is 16.6. The highest BCUT2D eigenvalue weighted by Gasteiger charge is 2.46. The molecule has 0 spiro atoms. The number of piperazine rings is 1. The second-order valence-corrected chi connectivity index (χ2v) is 12.7. The third kappa shape index (κ3) is 5.88. The van der Waals surface area contributed by atoms with E-state index in [9.17, 15) is 22.7 Å². The molecule has 8 nitrogen and oxygen atoms in total. The Labute approximate surface area is 260 Å². The van der Waals surface area contributed by atoms with E-state index in [0.29, 0.717) is 31.7 Å². The molecule has 2 aromatic carbocycles. The number of pyridine rings is 1. The van der Waals surface area contributed by atoms with Gasteiger partial charge in [-0.3, -0.25) is 9.88 Å². The Morgan fingerprint density at radius 1 is 1.07 bits per heavy atom. The molecule has 3 aliphatic rings. The highest BCUT2D eigenvalue weighted by molar-refractivity contribution is 6.00. The van der Waals surface area contributed by atoms with Crippen LogP contribution < -0.4 is 15.0 Å². The quantitative estimate of drug-likeness (QED) is 0.216. The van der Waals surface area contributed by atoms with Crippen LogP contribution in [-0.4, -0.2) is 82.5 Å². The fraction of sp³-hybridized carbons (Fsp3) is 0.469. The van der Waals surface area contributed by atoms with Gasteiger partial charge in [-0.25, -0.2) is 13.2 Å². The van der Waals surface area contributed by atoms with Crippen molar-refractivity contribution in [3.63, 3.8) is 0 Å². The lowest BCUT2D eigenvalue weighted by Crippen LogP contribution is -2.51. The van der Waals surface area contributed by atoms with E-state index in [1.54, 1.807) is 6.92 Å². The predicted octanol–water partition coefficient (Wildman–Crippen LogP) is 5.95. The van der Waals surface area contributed by atoms with Gasteiger partial charge in [0.15, 0.2) is 17.5 Å². The SMILES string of the molecule is CCN(CC(F)(F)F)CC1(COc2nc(N3C[C@H]4CC[C@@H](C3)N4)c3cnc(-c4cc(O)cc5ccc(F)c(F)c45)c(F)c3n2)CC1. The number of fused-ring (bicyclic) bond motifs is 4. The van der Waals surface area contributed by atoms with Crippen LogP contribution in [0.15, 0.2) is 30.5 Å². The highest BCUT2D eigenvalue weighted by atomic mass is 19.4. The molecule has 0 amide bonds. The van der Waals surface area contributed by atoms with E-state index in [1.165, 1.54) is 23.2 Å². The number of aromatic hydroxyl groups is 1. The van der Waals surface area contributed by atoms with Gasteiger partial charge in [0.2, 0.25) is 0 Å². The summed E-state index contributed by atoms with van der Waals surface area (Å²) in [7, 11) is 0. The fourth-order valence-electron chi connectivity index (χ4n) is 6.80. The number of anilines is 1. The van der Waals surface area contributed by atoms with Crippen LogP contribution in [0.1, 0.15) is 32.6 Å². The summed E-state index contributed by atoms with van der Waals surface area (Å²) in [6, 6.07) is 4.84. The Morgan fingerprint density at radius 3 is 2.48 bits per heavy atom. The molecular weight excluding hydrogens is 614 g/mol. The van der Waals surface area contributed by atoms with Crippen molar-refractivity contribution < 1.29 is 36.2 Å². The van der Waals surface area contributed by atoms with E-state index in [2.05, 4.69) is 20.3 Å². The van der Waals surface area contributed by atoms with Crippen molar-refractivity contribution in [3.05, 3.63) is 47.9 Å². The van der Waals surface area contributed by atoms with Gasteiger partial charge in [-0.05, 0) is 55.8 Å². The zero-order valence-electron chi connectivity index (χ0n) is 25.0. The number of halogens is 6. The number of hydrogen-bond acceptors (Lipinski definition) is 8. The van der Waals surface area contributed by atoms with E-state index < -0.39 is 35.6 Å². The van der Waals surface area contributed by atoms with Crippen molar-refractivity contribution in [1.82, 2.24) is 25.2 Å². The molecule has 2 aliphatic heterocycles. The van der Waals surface area contributed by atoms with Crippen molar-refractivity contribution in [2.45, 2.75) is 50.9 Å². The predicted molar refractivity (Wildman–Crippen MR) is 159 cm³/mol. The number of alkyl halides is 3. The lowest BCUT2D eigenvalue weighted by atomic mass is 9.99. The van der Waals surface area contributed by atoms with E-state index in [0.717, 1.165) is 25.0 Å². The van der Waals surface area contributed by atoms with E-state index in [1.807, 2.05) is 4.90 Å². The number of benzene rings is 2. The average molecular weight is 647 g/mol. The molecule has 3 fully saturated rings. The zero-order valence-corrected chi connectivity index (χ0v) is 25.0. The molecule has 2 aromatic heterocycles. The first kappa shape index (κ1) is 30.7. The fourth-order valence-corrected chi connectivity index (χ4v) is 6.80. The average Bonchev–Trinajstić information content (AvgIpc) is 3.70. The van der Waals surface area contributed by atoms with Crippen LogP contribution in [0.25, 0.3) is 32.9 Å². The van der Waals surface area contributed by atoms with Gasteiger partial charge in [0.1, 0.15) is 22.8 Å². The Balaban J connectivity index is 1.29. The molecule has 0 radical (unpaired) electrons. The van der Waals surface area contributed by atoms with Crippen LogP contribution >= 0.6 is 0 Å². The molecule has 2 atom stereocenters. The van der Waals surface area contributed by atoms with Crippen molar-refractivity contribution >= 4 is 27.5 Å². The first-order valence-corrected chi connectivity index (χ1v) is 15.3. The monoisotopic (exact) mass is 646 g/mol. The number of ether oxygens (including phenoxy) is 1. The van der Waals surface area contributed by atoms with E-state index >= 15 is 8.78 Å². The summed E-state index contributed by atoms with van der Waals surface area (Å²) in [5.41, 5.74) is -1.19. The number of phenolic OH excluding ortho intramolecular Hbond substituents is 1. The summed E-state index contributed by atoms with van der Waals surface area (Å²) >= 11 is 0. The standard InChI is InChI=1S/C32H32F6N6O2/c1-2-43(15-32(36,37)38)14-31(7-8-31)16-46-30-41-28-22(29(42-30)44-12-18-4-5-19(13-44)40-18)11-39-27(26(28)35)21-10-20(45)9-17-3-6-23(33)25(34)24(17)21/h3,6,9-11,18-19,40,45H,2,4-5,7-8,12-16H2,1H3/t18-,19+. The molecule has 7 rings (SSSR count). The minimum Gasteiger partial charge on any atom is -0.508 e. The van der Waals surface area contributed by atoms with Crippen molar-refractivity contribution in [2.24, 2.45) is 5.41 Å². The van der Waals surface area contributed by atoms with Crippen LogP contribution in [0.3, 0.4) is 0 Å². The van der Waals surface area contributed by atoms with Gasteiger partial charge in [0, 0.05) is 54.3 Å². The molecule has 1 saturated carbocycles. The normalized spacial score (nSPS) is 20.7. The molecule has 244 valence electrons. The molecule has 4 heterocycles. The molecule has 2 N–H and O–H groups in total. The van der Waals surface area contributed by atoms with Gasteiger partial charge < -0.3 is 20.1 Å². The molecule has 14 heteroatoms. The molecule has 2 bridgehead atoms. The van der Waals surface area contributed by atoms with Crippen molar-refractivity contribution in [3.8, 4) is 23.0 Å². The Bertz CT molecular complexity index is 1800. The maximum atomic E-state index is 16.6. The summed E-state index contributed by atoms with van der Waals surface area (Å²) in [5, 5.41) is 14.1. The Kier molecular flexibility index (Phi) is 7.62. The largest absolute Gasteiger partial charge is 0.508 e. The molecule has 0 unspecified atom stereocenters. The summed E-state index contributed by atoms with van der Waals surface area (Å²) < 4.78 is 91.3. The molecule has 2 saturated heterocycles. The van der Waals surface area contributed by atoms with Crippen LogP contribution in [0.4, 0.5) is 32.2 Å². The minimum absolute atomic E-state index is 0.0420. The number of nitrogens with one attached hydrogen (secondary N) is 1. The van der Waals surface area contributed by atoms with Crippen molar-refractivity contribution in [1.29, 1.82) is 0 Å². The molecule has 4 aromatic rings. The first-order valence-electron chi connectivity index (χ1n) is 15.3. The highest BCUT2D eigenvalue weighted by Crippen LogP contribution is 2.47. The van der Waals surface area contributed by atoms with Gasteiger partial charge in [-0.2, -0.15) is 23.1 Å². The number of aromatic nitrogens is 3. The lowest BCUT2D eigenvalue weighted by molar-refractivity contribution is -0.147. The smallest absolute Gasteiger partial charge is 0.401 e. The summed E-state index contributed by atoms with van der Waals surface area (Å²) in [4.78, 5) is 16.7. The second-order valence-electron chi connectivity index (χ2n) is 12.7. The third-order valence-electron chi connectivity index (χ3n) is 9.28. The Hall–Kier alpha value is -3.91. The van der Waals surface area contributed by atoms with Crippen LogP contribution in [0, 0.1) is 22.9 Å². The number of nitrogens with zero attached hydrogens (tertiary/aromatic N) is 5. The number of rotatable bonds is 9. The van der Waals surface area contributed by atoms with Gasteiger partial charge in [-0.15, -0.1) is 0 Å². The second kappa shape index (κ2) is 11.4. The van der Waals surface area contributed by atoms with Crippen LogP contribution in [0.2, 0.25) is 0 Å². The third-order valence-corrected chi connectivity index (χ3v) is 9.28. The van der Waals surface area contributed by atoms with Gasteiger partial charge in [0.05, 0.1) is 18.5 Å². The molecule has 46 heavy (non-hydrogen) atoms. The Morgan fingerprint density at radius 2 is 1.80 bits per heavy atom. The molecule has 1 aliphatic carbocycles. The number of hydrogen-bond donors (Lipinski definition) is 2. The summed E-state index contributed by atoms with van der Waals surface area (Å²) in [5.74, 6) is -3.19. The lowest BCUT2D eigenvalue weighted by Gasteiger charge is -2.34. The van der Waals surface area contributed by atoms with Crippen molar-refractivity contribution in [2.75, 3.05) is 44.2 Å². The summed E-state index contributed by atoms with van der Waals surface area (Å²) in [6.07, 6.45) is 0.334. The van der Waals surface area contributed by atoms with Crippen LogP contribution in [-0.2, 0) is 0 Å². The van der Waals surface area contributed by atoms with Crippen LogP contribution in [0.5, 0.6) is 11.8 Å². The minimum atomic E-state index is -4.33. The zero-order chi connectivity index (χ0) is 32.4. The van der Waals surface area contributed by atoms with Gasteiger partial charge >= 0.3 is 12.2 Å². The first-order chi connectivity index (χ1) is 21.9. The summed E-state index contributed by atoms with van der Waals surface area (Å²) in [6.45, 7) is 2.28. The molecular formula is C32H32F6N6O2. The van der Waals surface area contributed by atoms with Gasteiger partial charge in [0.25, 0.3) is 0 Å². The van der Waals surface area contributed by atoms with E-state index in [-0.39, 0.29) is 76.5 Å². The number of phenols is 1. The maximum Gasteiger partial charge on any atom is 0.401 e. The van der Waals surface area contributed by atoms with Gasteiger partial charge in [-0.1, -0.05) is 13.0 Å². The topological polar surface area (TPSA) is 86.6 Å².